The monoisotopic (exact) mass is 518 g/mol. The van der Waals surface area contributed by atoms with Crippen LogP contribution in [0.15, 0.2) is 71.0 Å². The van der Waals surface area contributed by atoms with Crippen molar-refractivity contribution < 1.29 is 24.6 Å². The van der Waals surface area contributed by atoms with Crippen molar-refractivity contribution in [2.75, 3.05) is 0 Å². The van der Waals surface area contributed by atoms with Crippen molar-refractivity contribution in [3.8, 4) is 5.75 Å². The molecule has 1 fully saturated rings. The van der Waals surface area contributed by atoms with Crippen molar-refractivity contribution in [3.05, 3.63) is 76.6 Å². The number of hydrogen-bond acceptors (Lipinski definition) is 5. The fraction of sp³-hybridized carbons (Fsp3) is 0.485. The number of phenolic OH excluding ortho intramolecular Hbond substituents is 1. The number of fused-ring (bicyclic) bond motifs is 2. The van der Waals surface area contributed by atoms with Crippen LogP contribution in [0.5, 0.6) is 5.75 Å². The highest BCUT2D eigenvalue weighted by Gasteiger charge is 2.73. The van der Waals surface area contributed by atoms with E-state index in [0.29, 0.717) is 6.42 Å². The number of benzene rings is 1. The molecule has 0 heterocycles. The molecule has 0 aliphatic heterocycles. The van der Waals surface area contributed by atoms with Crippen LogP contribution in [0.2, 0.25) is 0 Å². The molecule has 0 spiro atoms. The lowest BCUT2D eigenvalue weighted by Crippen LogP contribution is -2.67. The summed E-state index contributed by atoms with van der Waals surface area (Å²) in [5, 5.41) is 22.1. The predicted molar refractivity (Wildman–Crippen MR) is 151 cm³/mol. The number of aliphatic hydroxyl groups excluding tert-OH is 1. The summed E-state index contributed by atoms with van der Waals surface area (Å²) < 4.78 is 0. The number of hydrogen-bond donors (Lipinski definition) is 2. The highest BCUT2D eigenvalue weighted by Crippen LogP contribution is 2.65. The highest BCUT2D eigenvalue weighted by atomic mass is 16.3. The molecule has 3 unspecified atom stereocenters. The quantitative estimate of drug-likeness (QED) is 0.211. The van der Waals surface area contributed by atoms with Crippen LogP contribution in [0.4, 0.5) is 0 Å². The Bertz CT molecular complexity index is 1260. The molecule has 0 radical (unpaired) electrons. The maximum absolute atomic E-state index is 14.8. The van der Waals surface area contributed by atoms with Crippen LogP contribution in [-0.2, 0) is 9.59 Å². The molecule has 0 aromatic heterocycles. The third-order valence-electron chi connectivity index (χ3n) is 8.41. The van der Waals surface area contributed by atoms with Crippen LogP contribution >= 0.6 is 0 Å². The second-order valence-electron chi connectivity index (χ2n) is 12.3. The molecule has 2 N–H and O–H groups in total. The van der Waals surface area contributed by atoms with Crippen molar-refractivity contribution in [3.63, 3.8) is 0 Å². The number of aromatic hydroxyl groups is 1. The number of Topliss-reactive ketones (excluding diaryl/α,β-unsaturated/α-hetero) is 3. The van der Waals surface area contributed by atoms with Crippen LogP contribution in [0.1, 0.15) is 85.0 Å². The zero-order valence-corrected chi connectivity index (χ0v) is 24.0. The fourth-order valence-corrected chi connectivity index (χ4v) is 6.03. The van der Waals surface area contributed by atoms with Crippen molar-refractivity contribution >= 4 is 17.3 Å². The maximum Gasteiger partial charge on any atom is 0.184 e. The van der Waals surface area contributed by atoms with E-state index in [2.05, 4.69) is 6.08 Å². The lowest BCUT2D eigenvalue weighted by molar-refractivity contribution is -0.159. The van der Waals surface area contributed by atoms with Gasteiger partial charge in [0.2, 0.25) is 0 Å². The summed E-state index contributed by atoms with van der Waals surface area (Å²) in [6, 6.07) is 5.82. The topological polar surface area (TPSA) is 91.7 Å². The summed E-state index contributed by atoms with van der Waals surface area (Å²) in [6.45, 7) is 15.7. The Labute approximate surface area is 227 Å². The normalized spacial score (nSPS) is 26.6. The molecule has 0 amide bonds. The molecule has 1 aromatic carbocycles. The lowest BCUT2D eigenvalue weighted by atomic mass is 9.40. The van der Waals surface area contributed by atoms with Gasteiger partial charge in [-0.3, -0.25) is 14.4 Å². The van der Waals surface area contributed by atoms with E-state index in [1.54, 1.807) is 6.08 Å². The smallest absolute Gasteiger partial charge is 0.184 e. The van der Waals surface area contributed by atoms with Gasteiger partial charge in [0, 0.05) is 11.1 Å². The number of rotatable bonds is 8. The molecule has 5 heteroatoms. The van der Waals surface area contributed by atoms with Gasteiger partial charge in [0.05, 0.1) is 0 Å². The average Bonchev–Trinajstić information content (AvgIpc) is 2.82. The van der Waals surface area contributed by atoms with Gasteiger partial charge in [-0.05, 0) is 76.3 Å². The van der Waals surface area contributed by atoms with Crippen LogP contribution in [0.25, 0.3) is 0 Å². The van der Waals surface area contributed by atoms with Gasteiger partial charge in [-0.1, -0.05) is 75.3 Å². The van der Waals surface area contributed by atoms with Gasteiger partial charge >= 0.3 is 0 Å². The van der Waals surface area contributed by atoms with Crippen molar-refractivity contribution in [1.82, 2.24) is 0 Å². The molecule has 3 rings (SSSR count). The van der Waals surface area contributed by atoms with E-state index in [4.69, 9.17) is 0 Å². The number of aliphatic hydroxyl groups is 1. The second kappa shape index (κ2) is 10.5. The molecular formula is C33H42O5. The van der Waals surface area contributed by atoms with Crippen LogP contribution in [0.3, 0.4) is 0 Å². The molecular weight excluding hydrogens is 476 g/mol. The zero-order valence-electron chi connectivity index (χ0n) is 24.0. The van der Waals surface area contributed by atoms with Gasteiger partial charge in [0.25, 0.3) is 0 Å². The van der Waals surface area contributed by atoms with Crippen molar-refractivity contribution in [2.45, 2.75) is 74.7 Å². The zero-order chi connectivity index (χ0) is 28.6. The van der Waals surface area contributed by atoms with Gasteiger partial charge in [0.1, 0.15) is 16.9 Å². The second-order valence-corrected chi connectivity index (χ2v) is 12.3. The Morgan fingerprint density at radius 3 is 2.24 bits per heavy atom. The minimum Gasteiger partial charge on any atom is -0.510 e. The minimum atomic E-state index is -2.00. The van der Waals surface area contributed by atoms with Crippen molar-refractivity contribution in [1.29, 1.82) is 0 Å². The number of carbonyl (C=O) groups is 3. The predicted octanol–water partition coefficient (Wildman–Crippen LogP) is 7.48. The molecule has 204 valence electrons. The molecule has 2 aliphatic rings. The molecule has 5 nitrogen and oxygen atoms in total. The Kier molecular flexibility index (Phi) is 8.12. The Morgan fingerprint density at radius 1 is 1.05 bits per heavy atom. The molecule has 2 aliphatic carbocycles. The number of carbonyl (C=O) groups excluding carboxylic acids is 3. The average molecular weight is 519 g/mol. The largest absolute Gasteiger partial charge is 0.510 e. The highest BCUT2D eigenvalue weighted by molar-refractivity contribution is 6.36. The van der Waals surface area contributed by atoms with Crippen LogP contribution in [-0.4, -0.2) is 27.6 Å². The van der Waals surface area contributed by atoms with Gasteiger partial charge in [-0.2, -0.15) is 0 Å². The summed E-state index contributed by atoms with van der Waals surface area (Å²) in [5.74, 6) is -2.36. The first kappa shape index (κ1) is 29.3. The van der Waals surface area contributed by atoms with E-state index in [9.17, 15) is 24.6 Å². The Morgan fingerprint density at radius 2 is 1.68 bits per heavy atom. The Balaban J connectivity index is 2.46. The third-order valence-corrected chi connectivity index (χ3v) is 8.41. The van der Waals surface area contributed by atoms with Gasteiger partial charge < -0.3 is 10.2 Å². The molecule has 38 heavy (non-hydrogen) atoms. The summed E-state index contributed by atoms with van der Waals surface area (Å²) in [7, 11) is 0. The molecule has 3 atom stereocenters. The van der Waals surface area contributed by atoms with E-state index in [-0.39, 0.29) is 47.3 Å². The lowest BCUT2D eigenvalue weighted by Gasteiger charge is -2.59. The van der Waals surface area contributed by atoms with E-state index in [1.165, 1.54) is 24.3 Å². The molecule has 0 saturated heterocycles. The summed E-state index contributed by atoms with van der Waals surface area (Å²) in [5.41, 5.74) is -2.08. The molecule has 2 bridgehead atoms. The summed E-state index contributed by atoms with van der Waals surface area (Å²) in [6.07, 6.45) is 8.27. The van der Waals surface area contributed by atoms with E-state index in [1.807, 2.05) is 67.5 Å². The molecule has 1 aromatic rings. The first-order valence-electron chi connectivity index (χ1n) is 13.4. The Hall–Kier alpha value is -3.21. The number of phenols is 1. The number of ketones is 3. The summed E-state index contributed by atoms with van der Waals surface area (Å²) >= 11 is 0. The first-order chi connectivity index (χ1) is 17.6. The first-order valence-corrected chi connectivity index (χ1v) is 13.4. The van der Waals surface area contributed by atoms with Crippen LogP contribution < -0.4 is 0 Å². The van der Waals surface area contributed by atoms with Gasteiger partial charge in [0.15, 0.2) is 22.8 Å². The maximum atomic E-state index is 14.8. The van der Waals surface area contributed by atoms with Crippen molar-refractivity contribution in [2.24, 2.45) is 28.1 Å². The SMILES string of the molecule is CC(C)=CCC1=C(O)C2(/C=C/C(C)C)C(=O)C(C(=O)c3cccc(O)c3)(CC(CC=C(C)C)C2(C)C)C1=O. The minimum absolute atomic E-state index is 0.0405. The van der Waals surface area contributed by atoms with Crippen LogP contribution in [0, 0.1) is 28.1 Å². The standard InChI is InChI=1S/C33H42O5/c1-20(2)12-14-24-19-32(27(35)23-10-9-11-25(34)18-23)28(36)26(15-13-21(3)4)29(37)33(30(32)38,31(24,7)8)17-16-22(5)6/h9-13,16-18,22,24,34,37H,14-15,19H2,1-8H3/b17-16+. The summed E-state index contributed by atoms with van der Waals surface area (Å²) in [4.78, 5) is 43.5. The third kappa shape index (κ3) is 4.61. The van der Waals surface area contributed by atoms with E-state index >= 15 is 0 Å². The van der Waals surface area contributed by atoms with Gasteiger partial charge in [-0.15, -0.1) is 0 Å². The fourth-order valence-electron chi connectivity index (χ4n) is 6.03. The van der Waals surface area contributed by atoms with E-state index < -0.39 is 33.6 Å². The number of allylic oxidation sites excluding steroid dienone is 7. The van der Waals surface area contributed by atoms with E-state index in [0.717, 1.165) is 11.1 Å². The van der Waals surface area contributed by atoms with Gasteiger partial charge in [-0.25, -0.2) is 0 Å². The molecule has 1 saturated carbocycles.